The van der Waals surface area contributed by atoms with E-state index in [2.05, 4.69) is 26.6 Å². The van der Waals surface area contributed by atoms with Gasteiger partial charge in [-0.15, -0.1) is 0 Å². The van der Waals surface area contributed by atoms with Crippen LogP contribution in [0.15, 0.2) is 48.5 Å². The molecular weight excluding hydrogens is 512 g/mol. The van der Waals surface area contributed by atoms with E-state index in [-0.39, 0.29) is 18.4 Å². The molecule has 1 saturated carbocycles. The highest BCUT2D eigenvalue weighted by Gasteiger charge is 2.40. The van der Waals surface area contributed by atoms with E-state index in [0.717, 1.165) is 24.8 Å². The Morgan fingerprint density at radius 1 is 0.825 bits per heavy atom. The van der Waals surface area contributed by atoms with Gasteiger partial charge < -0.3 is 32.3 Å². The monoisotopic (exact) mass is 550 g/mol. The van der Waals surface area contributed by atoms with Crippen molar-refractivity contribution in [1.29, 1.82) is 0 Å². The van der Waals surface area contributed by atoms with Crippen molar-refractivity contribution in [2.75, 3.05) is 10.6 Å². The van der Waals surface area contributed by atoms with E-state index in [9.17, 15) is 24.0 Å². The van der Waals surface area contributed by atoms with Crippen molar-refractivity contribution in [2.24, 2.45) is 5.73 Å². The number of amides is 6. The number of carbonyl (C=O) groups is 5. The molecule has 0 aliphatic heterocycles. The van der Waals surface area contributed by atoms with E-state index in [4.69, 9.17) is 5.73 Å². The van der Waals surface area contributed by atoms with Crippen molar-refractivity contribution in [3.05, 3.63) is 59.7 Å². The largest absolute Gasteiger partial charge is 0.368 e. The minimum Gasteiger partial charge on any atom is -0.368 e. The van der Waals surface area contributed by atoms with Gasteiger partial charge in [0.05, 0.1) is 6.42 Å². The molecule has 40 heavy (non-hydrogen) atoms. The van der Waals surface area contributed by atoms with Crippen molar-refractivity contribution >= 4 is 41.0 Å². The van der Waals surface area contributed by atoms with Crippen LogP contribution < -0.4 is 32.3 Å². The van der Waals surface area contributed by atoms with E-state index in [0.29, 0.717) is 29.8 Å². The van der Waals surface area contributed by atoms with Gasteiger partial charge in [-0.2, -0.15) is 0 Å². The van der Waals surface area contributed by atoms with Crippen molar-refractivity contribution in [3.63, 3.8) is 0 Å². The van der Waals surface area contributed by atoms with Crippen LogP contribution in [0.4, 0.5) is 16.2 Å². The van der Waals surface area contributed by atoms with Crippen LogP contribution in [0.2, 0.25) is 0 Å². The molecule has 2 atom stereocenters. The Morgan fingerprint density at radius 2 is 1.45 bits per heavy atom. The predicted molar refractivity (Wildman–Crippen MR) is 152 cm³/mol. The highest BCUT2D eigenvalue weighted by atomic mass is 16.2. The summed E-state index contributed by atoms with van der Waals surface area (Å²) in [4.78, 5) is 62.1. The minimum absolute atomic E-state index is 0.0183. The molecule has 7 N–H and O–H groups in total. The fourth-order valence-electron chi connectivity index (χ4n) is 4.58. The number of hydrogen-bond donors (Lipinski definition) is 6. The number of aryl methyl sites for hydroxylation is 1. The third-order valence-corrected chi connectivity index (χ3v) is 7.03. The minimum atomic E-state index is -1.09. The summed E-state index contributed by atoms with van der Waals surface area (Å²) in [6.45, 7) is 4.93. The molecule has 1 aliphatic carbocycles. The third-order valence-electron chi connectivity index (χ3n) is 7.03. The highest BCUT2D eigenvalue weighted by Crippen LogP contribution is 2.28. The first kappa shape index (κ1) is 30.1. The van der Waals surface area contributed by atoms with Crippen LogP contribution in [0.3, 0.4) is 0 Å². The molecule has 1 fully saturated rings. The smallest absolute Gasteiger partial charge is 0.323 e. The van der Waals surface area contributed by atoms with Gasteiger partial charge in [0, 0.05) is 11.4 Å². The third kappa shape index (κ3) is 8.29. The average Bonchev–Trinajstić information content (AvgIpc) is 2.91. The van der Waals surface area contributed by atoms with Gasteiger partial charge in [-0.25, -0.2) is 4.79 Å². The fourth-order valence-corrected chi connectivity index (χ4v) is 4.58. The maximum absolute atomic E-state index is 12.7. The second kappa shape index (κ2) is 13.6. The fraction of sp³-hybridized carbons (Fsp3) is 0.414. The summed E-state index contributed by atoms with van der Waals surface area (Å²) in [6.07, 6.45) is 3.51. The summed E-state index contributed by atoms with van der Waals surface area (Å²) in [5, 5.41) is 13.5. The standard InChI is InChI=1S/C29H38N6O5/c1-18-9-5-6-10-23(18)34-28(40)33-22-13-11-21(12-14-22)17-24(36)31-19(2)25(37)32-20(3)26(38)35-29(27(30)39)15-7-4-8-16-29/h5-6,9-14,19-20H,4,7-8,15-17H2,1-3H3,(H2,30,39)(H,31,36)(H,32,37)(H,35,38)(H2,33,34,40)/t19-,20-/m0/s1. The molecule has 11 heteroatoms. The van der Waals surface area contributed by atoms with E-state index < -0.39 is 35.3 Å². The van der Waals surface area contributed by atoms with Crippen LogP contribution in [-0.4, -0.2) is 47.3 Å². The summed E-state index contributed by atoms with van der Waals surface area (Å²) in [7, 11) is 0. The summed E-state index contributed by atoms with van der Waals surface area (Å²) in [5.74, 6) is -2.00. The first-order valence-corrected chi connectivity index (χ1v) is 13.4. The van der Waals surface area contributed by atoms with Crippen LogP contribution in [0.5, 0.6) is 0 Å². The van der Waals surface area contributed by atoms with Gasteiger partial charge in [0.25, 0.3) is 0 Å². The van der Waals surface area contributed by atoms with Gasteiger partial charge in [-0.1, -0.05) is 49.6 Å². The van der Waals surface area contributed by atoms with Crippen molar-refractivity contribution < 1.29 is 24.0 Å². The van der Waals surface area contributed by atoms with Gasteiger partial charge >= 0.3 is 6.03 Å². The normalized spacial score (nSPS) is 15.6. The Morgan fingerprint density at radius 3 is 2.08 bits per heavy atom. The Hall–Kier alpha value is -4.41. The molecule has 0 bridgehead atoms. The lowest BCUT2D eigenvalue weighted by molar-refractivity contribution is -0.135. The molecule has 214 valence electrons. The zero-order valence-electron chi connectivity index (χ0n) is 23.1. The average molecular weight is 551 g/mol. The second-order valence-electron chi connectivity index (χ2n) is 10.3. The van der Waals surface area contributed by atoms with Gasteiger partial charge in [0.2, 0.25) is 23.6 Å². The van der Waals surface area contributed by atoms with Crippen LogP contribution in [0, 0.1) is 6.92 Å². The maximum Gasteiger partial charge on any atom is 0.323 e. The van der Waals surface area contributed by atoms with E-state index >= 15 is 0 Å². The highest BCUT2D eigenvalue weighted by molar-refractivity contribution is 6.00. The van der Waals surface area contributed by atoms with Crippen LogP contribution in [0.25, 0.3) is 0 Å². The second-order valence-corrected chi connectivity index (χ2v) is 10.3. The first-order valence-electron chi connectivity index (χ1n) is 13.4. The molecule has 0 unspecified atom stereocenters. The molecule has 11 nitrogen and oxygen atoms in total. The molecule has 2 aromatic rings. The van der Waals surface area contributed by atoms with E-state index in [1.165, 1.54) is 13.8 Å². The Kier molecular flexibility index (Phi) is 10.2. The topological polar surface area (TPSA) is 172 Å². The summed E-state index contributed by atoms with van der Waals surface area (Å²) in [5.41, 5.74) is 7.37. The lowest BCUT2D eigenvalue weighted by Crippen LogP contribution is -2.62. The molecule has 0 radical (unpaired) electrons. The molecule has 0 aromatic heterocycles. The SMILES string of the molecule is Cc1ccccc1NC(=O)Nc1ccc(CC(=O)N[C@@H](C)C(=O)N[C@@H](C)C(=O)NC2(C(N)=O)CCCCC2)cc1. The molecule has 0 spiro atoms. The van der Waals surface area contributed by atoms with E-state index in [1.54, 1.807) is 24.3 Å². The number of primary amides is 1. The molecule has 3 rings (SSSR count). The number of anilines is 2. The molecule has 6 amide bonds. The zero-order chi connectivity index (χ0) is 29.3. The Balaban J connectivity index is 1.45. The van der Waals surface area contributed by atoms with Gasteiger partial charge in [0.1, 0.15) is 17.6 Å². The molecule has 1 aliphatic rings. The number of benzene rings is 2. The van der Waals surface area contributed by atoms with Crippen molar-refractivity contribution in [3.8, 4) is 0 Å². The number of nitrogens with two attached hydrogens (primary N) is 1. The van der Waals surface area contributed by atoms with Crippen molar-refractivity contribution in [2.45, 2.75) is 76.9 Å². The predicted octanol–water partition coefficient (Wildman–Crippen LogP) is 2.50. The number of rotatable bonds is 10. The number of carbonyl (C=O) groups excluding carboxylic acids is 5. The maximum atomic E-state index is 12.7. The number of hydrogen-bond acceptors (Lipinski definition) is 5. The molecule has 2 aromatic carbocycles. The Bertz CT molecular complexity index is 1240. The lowest BCUT2D eigenvalue weighted by atomic mass is 9.81. The van der Waals surface area contributed by atoms with Crippen molar-refractivity contribution in [1.82, 2.24) is 16.0 Å². The van der Waals surface area contributed by atoms with Gasteiger partial charge in [0.15, 0.2) is 0 Å². The lowest BCUT2D eigenvalue weighted by Gasteiger charge is -2.36. The number of urea groups is 1. The number of para-hydroxylation sites is 1. The van der Waals surface area contributed by atoms with Crippen LogP contribution in [-0.2, 0) is 25.6 Å². The molecular formula is C29H38N6O5. The quantitative estimate of drug-likeness (QED) is 0.266. The summed E-state index contributed by atoms with van der Waals surface area (Å²) >= 11 is 0. The van der Waals surface area contributed by atoms with Crippen LogP contribution in [0.1, 0.15) is 57.1 Å². The Labute approximate surface area is 234 Å². The van der Waals surface area contributed by atoms with Crippen LogP contribution >= 0.6 is 0 Å². The molecule has 0 heterocycles. The summed E-state index contributed by atoms with van der Waals surface area (Å²) in [6, 6.07) is 12.0. The van der Waals surface area contributed by atoms with E-state index in [1.807, 2.05) is 31.2 Å². The molecule has 0 saturated heterocycles. The number of nitrogens with one attached hydrogen (secondary N) is 5. The van der Waals surface area contributed by atoms with Gasteiger partial charge in [-0.05, 0) is 62.9 Å². The summed E-state index contributed by atoms with van der Waals surface area (Å²) < 4.78 is 0. The first-order chi connectivity index (χ1) is 19.0. The zero-order valence-corrected chi connectivity index (χ0v) is 23.1. The van der Waals surface area contributed by atoms with Gasteiger partial charge in [-0.3, -0.25) is 19.2 Å².